The normalized spacial score (nSPS) is 20.5. The largest absolute Gasteiger partial charge is 0.409 e. The highest BCUT2D eigenvalue weighted by Crippen LogP contribution is 2.24. The molecule has 6 nitrogen and oxygen atoms in total. The van der Waals surface area contributed by atoms with Gasteiger partial charge in [0.15, 0.2) is 5.84 Å². The zero-order valence-electron chi connectivity index (χ0n) is 10.3. The van der Waals surface area contributed by atoms with E-state index < -0.39 is 15.6 Å². The number of hydrogen-bond acceptors (Lipinski definition) is 4. The number of nitrogens with one attached hydrogen (secondary N) is 1. The van der Waals surface area contributed by atoms with E-state index in [1.807, 2.05) is 0 Å². The number of rotatable bonds is 4. The molecule has 0 aliphatic heterocycles. The molecule has 100 valence electrons. The molecule has 4 N–H and O–H groups in total. The molecule has 1 aliphatic carbocycles. The number of oxime groups is 1. The molecule has 1 aliphatic rings. The summed E-state index contributed by atoms with van der Waals surface area (Å²) in [7, 11) is -3.42. The number of nitrogens with two attached hydrogens (primary N) is 1. The fourth-order valence-electron chi connectivity index (χ4n) is 1.99. The van der Waals surface area contributed by atoms with Crippen LogP contribution in [-0.4, -0.2) is 30.2 Å². The molecule has 17 heavy (non-hydrogen) atoms. The van der Waals surface area contributed by atoms with Gasteiger partial charge >= 0.3 is 0 Å². The minimum Gasteiger partial charge on any atom is -0.409 e. The summed E-state index contributed by atoms with van der Waals surface area (Å²) < 4.78 is 26.7. The molecule has 7 heteroatoms. The topological polar surface area (TPSA) is 105 Å². The minimum atomic E-state index is -3.42. The maximum Gasteiger partial charge on any atom is 0.215 e. The molecule has 0 bridgehead atoms. The molecular formula is C10H21N3O3S. The van der Waals surface area contributed by atoms with Gasteiger partial charge in [0.25, 0.3) is 0 Å². The van der Waals surface area contributed by atoms with E-state index in [9.17, 15) is 8.42 Å². The molecule has 0 heterocycles. The maximum atomic E-state index is 12.1. The second-order valence-corrected chi connectivity index (χ2v) is 6.98. The Morgan fingerprint density at radius 2 is 1.88 bits per heavy atom. The van der Waals surface area contributed by atoms with Crippen molar-refractivity contribution in [1.82, 2.24) is 4.72 Å². The Morgan fingerprint density at radius 3 is 2.35 bits per heavy atom. The van der Waals surface area contributed by atoms with Crippen LogP contribution >= 0.6 is 0 Å². The lowest BCUT2D eigenvalue weighted by Gasteiger charge is -2.29. The number of hydrogen-bond donors (Lipinski definition) is 3. The average molecular weight is 263 g/mol. The molecule has 0 unspecified atom stereocenters. The van der Waals surface area contributed by atoms with Crippen LogP contribution in [0.25, 0.3) is 0 Å². The smallest absolute Gasteiger partial charge is 0.215 e. The summed E-state index contributed by atoms with van der Waals surface area (Å²) in [6.07, 6.45) is 4.34. The quantitative estimate of drug-likeness (QED) is 0.301. The predicted octanol–water partition coefficient (Wildman–Crippen LogP) is 0.763. The highest BCUT2D eigenvalue weighted by Gasteiger charge is 2.34. The second-order valence-electron chi connectivity index (χ2n) is 5.02. The summed E-state index contributed by atoms with van der Waals surface area (Å²) in [5.74, 6) is -0.142. The van der Waals surface area contributed by atoms with E-state index in [-0.39, 0.29) is 11.1 Å². The highest BCUT2D eigenvalue weighted by molar-refractivity contribution is 7.90. The number of nitrogens with zero attached hydrogens (tertiary/aromatic N) is 1. The van der Waals surface area contributed by atoms with E-state index >= 15 is 0 Å². The number of sulfonamides is 1. The van der Waals surface area contributed by atoms with Crippen LogP contribution in [0.15, 0.2) is 5.16 Å². The van der Waals surface area contributed by atoms with Crippen LogP contribution in [0, 0.1) is 0 Å². The summed E-state index contributed by atoms with van der Waals surface area (Å²) in [4.78, 5) is 0. The predicted molar refractivity (Wildman–Crippen MR) is 66.4 cm³/mol. The molecule has 0 aromatic carbocycles. The average Bonchev–Trinajstić information content (AvgIpc) is 2.27. The molecule has 0 radical (unpaired) electrons. The van der Waals surface area contributed by atoms with Crippen molar-refractivity contribution in [2.45, 2.75) is 56.7 Å². The molecule has 0 aromatic rings. The first-order valence-electron chi connectivity index (χ1n) is 5.80. The first-order chi connectivity index (χ1) is 7.79. The van der Waals surface area contributed by atoms with E-state index in [2.05, 4.69) is 9.88 Å². The van der Waals surface area contributed by atoms with Crippen molar-refractivity contribution in [3.8, 4) is 0 Å². The third kappa shape index (κ3) is 3.57. The van der Waals surface area contributed by atoms with Crippen molar-refractivity contribution in [3.63, 3.8) is 0 Å². The van der Waals surface area contributed by atoms with E-state index in [1.54, 1.807) is 13.8 Å². The van der Waals surface area contributed by atoms with Crippen molar-refractivity contribution in [3.05, 3.63) is 0 Å². The fraction of sp³-hybridized carbons (Fsp3) is 0.900. The maximum absolute atomic E-state index is 12.1. The summed E-state index contributed by atoms with van der Waals surface area (Å²) in [6.45, 7) is 3.14. The molecule has 0 amide bonds. The van der Waals surface area contributed by atoms with Gasteiger partial charge in [-0.05, 0) is 26.7 Å². The highest BCUT2D eigenvalue weighted by atomic mass is 32.2. The first-order valence-corrected chi connectivity index (χ1v) is 7.35. The summed E-state index contributed by atoms with van der Waals surface area (Å²) in [5, 5.41) is 11.1. The van der Waals surface area contributed by atoms with Gasteiger partial charge in [-0.15, -0.1) is 0 Å². The molecular weight excluding hydrogens is 242 g/mol. The third-order valence-electron chi connectivity index (χ3n) is 3.14. The zero-order valence-corrected chi connectivity index (χ0v) is 11.1. The summed E-state index contributed by atoms with van der Waals surface area (Å²) >= 11 is 0. The van der Waals surface area contributed by atoms with Crippen LogP contribution in [0.2, 0.25) is 0 Å². The lowest BCUT2D eigenvalue weighted by Crippen LogP contribution is -2.55. The van der Waals surface area contributed by atoms with E-state index in [4.69, 9.17) is 10.9 Å². The van der Waals surface area contributed by atoms with E-state index in [0.29, 0.717) is 12.8 Å². The van der Waals surface area contributed by atoms with Crippen molar-refractivity contribution in [1.29, 1.82) is 0 Å². The molecule has 1 rings (SSSR count). The van der Waals surface area contributed by atoms with Gasteiger partial charge in [-0.25, -0.2) is 13.1 Å². The Kier molecular flexibility index (Phi) is 4.37. The van der Waals surface area contributed by atoms with Crippen molar-refractivity contribution < 1.29 is 13.6 Å². The Morgan fingerprint density at radius 1 is 1.35 bits per heavy atom. The standard InChI is InChI=1S/C10H21N3O3S/c1-10(2,9(11)12-14)13-17(15,16)8-6-4-3-5-7-8/h8,13-14H,3-7H2,1-2H3,(H2,11,12). The van der Waals surface area contributed by atoms with Gasteiger partial charge in [0.1, 0.15) is 0 Å². The SMILES string of the molecule is CC(C)(NS(=O)(=O)C1CCCCC1)/C(N)=N/O. The third-order valence-corrected chi connectivity index (χ3v) is 5.28. The van der Waals surface area contributed by atoms with Crippen LogP contribution in [0.1, 0.15) is 46.0 Å². The molecule has 0 aromatic heterocycles. The molecule has 1 fully saturated rings. The Bertz CT molecular complexity index is 384. The van der Waals surface area contributed by atoms with Gasteiger partial charge in [0.2, 0.25) is 10.0 Å². The first kappa shape index (κ1) is 14.2. The van der Waals surface area contributed by atoms with Gasteiger partial charge < -0.3 is 10.9 Å². The molecule has 0 atom stereocenters. The van der Waals surface area contributed by atoms with E-state index in [1.165, 1.54) is 0 Å². The van der Waals surface area contributed by atoms with Crippen LogP contribution in [-0.2, 0) is 10.0 Å². The second kappa shape index (κ2) is 5.22. The Balaban J connectivity index is 2.78. The fourth-order valence-corrected chi connectivity index (χ4v) is 3.93. The summed E-state index contributed by atoms with van der Waals surface area (Å²) in [5.41, 5.74) is 4.40. The van der Waals surface area contributed by atoms with Crippen LogP contribution in [0.5, 0.6) is 0 Å². The van der Waals surface area contributed by atoms with Crippen LogP contribution < -0.4 is 10.5 Å². The Hall–Kier alpha value is -0.820. The lowest BCUT2D eigenvalue weighted by atomic mass is 10.0. The van der Waals surface area contributed by atoms with Crippen LogP contribution in [0.3, 0.4) is 0 Å². The molecule has 0 spiro atoms. The molecule has 0 saturated heterocycles. The van der Waals surface area contributed by atoms with Gasteiger partial charge in [-0.2, -0.15) is 0 Å². The summed E-state index contributed by atoms with van der Waals surface area (Å²) in [6, 6.07) is 0. The van der Waals surface area contributed by atoms with Gasteiger partial charge in [-0.1, -0.05) is 24.4 Å². The Labute approximate surface area is 102 Å². The molecule has 1 saturated carbocycles. The van der Waals surface area contributed by atoms with Gasteiger partial charge in [0.05, 0.1) is 10.8 Å². The van der Waals surface area contributed by atoms with Crippen molar-refractivity contribution in [2.75, 3.05) is 0 Å². The van der Waals surface area contributed by atoms with Crippen molar-refractivity contribution in [2.24, 2.45) is 10.9 Å². The monoisotopic (exact) mass is 263 g/mol. The van der Waals surface area contributed by atoms with Crippen molar-refractivity contribution >= 4 is 15.9 Å². The van der Waals surface area contributed by atoms with E-state index in [0.717, 1.165) is 19.3 Å². The zero-order chi connectivity index (χ0) is 13.1. The van der Waals surface area contributed by atoms with Crippen LogP contribution in [0.4, 0.5) is 0 Å². The van der Waals surface area contributed by atoms with Gasteiger partial charge in [-0.3, -0.25) is 0 Å². The minimum absolute atomic E-state index is 0.142. The van der Waals surface area contributed by atoms with Gasteiger partial charge in [0, 0.05) is 0 Å². The number of amidine groups is 1. The lowest BCUT2D eigenvalue weighted by molar-refractivity contribution is 0.312.